The van der Waals surface area contributed by atoms with Gasteiger partial charge < -0.3 is 14.6 Å². The van der Waals surface area contributed by atoms with Crippen LogP contribution in [-0.4, -0.2) is 41.6 Å². The highest BCUT2D eigenvalue weighted by atomic mass is 16.6. The van der Waals surface area contributed by atoms with Crippen molar-refractivity contribution in [1.29, 1.82) is 0 Å². The van der Waals surface area contributed by atoms with E-state index >= 15 is 0 Å². The highest BCUT2D eigenvalue weighted by Gasteiger charge is 2.53. The second kappa shape index (κ2) is 6.65. The summed E-state index contributed by atoms with van der Waals surface area (Å²) in [7, 11) is 0. The molecule has 0 spiro atoms. The van der Waals surface area contributed by atoms with E-state index in [0.29, 0.717) is 12.8 Å². The third-order valence-corrected chi connectivity index (χ3v) is 3.22. The number of carbonyl (C=O) groups is 3. The van der Waals surface area contributed by atoms with E-state index in [1.165, 1.54) is 0 Å². The molecule has 0 saturated heterocycles. The average Bonchev–Trinajstić information content (AvgIpc) is 2.34. The van der Waals surface area contributed by atoms with Crippen LogP contribution in [0.15, 0.2) is 0 Å². The largest absolute Gasteiger partial charge is 0.465 e. The van der Waals surface area contributed by atoms with Crippen molar-refractivity contribution < 1.29 is 29.0 Å². The molecule has 6 heteroatoms. The van der Waals surface area contributed by atoms with Crippen molar-refractivity contribution in [3.05, 3.63) is 0 Å². The van der Waals surface area contributed by atoms with Crippen LogP contribution in [0.5, 0.6) is 0 Å². The van der Waals surface area contributed by atoms with E-state index in [0.717, 1.165) is 0 Å². The molecular formula is C13H20O6. The lowest BCUT2D eigenvalue weighted by molar-refractivity contribution is -0.181. The molecule has 108 valence electrons. The van der Waals surface area contributed by atoms with E-state index in [-0.39, 0.29) is 26.1 Å². The Morgan fingerprint density at radius 1 is 1.21 bits per heavy atom. The van der Waals surface area contributed by atoms with Crippen molar-refractivity contribution in [2.75, 3.05) is 13.2 Å². The SMILES string of the molecule is CCOC(=O)C(C(=O)OCC)C1(O)CCCCC1=O. The first-order valence-corrected chi connectivity index (χ1v) is 6.56. The molecule has 1 aliphatic carbocycles. The fraction of sp³-hybridized carbons (Fsp3) is 0.769. The van der Waals surface area contributed by atoms with E-state index in [9.17, 15) is 19.5 Å². The third kappa shape index (κ3) is 3.32. The van der Waals surface area contributed by atoms with Crippen molar-refractivity contribution in [2.45, 2.75) is 45.1 Å². The molecule has 19 heavy (non-hydrogen) atoms. The number of hydrogen-bond donors (Lipinski definition) is 1. The summed E-state index contributed by atoms with van der Waals surface area (Å²) >= 11 is 0. The van der Waals surface area contributed by atoms with Gasteiger partial charge >= 0.3 is 11.9 Å². The van der Waals surface area contributed by atoms with Gasteiger partial charge in [0.05, 0.1) is 13.2 Å². The summed E-state index contributed by atoms with van der Waals surface area (Å²) < 4.78 is 9.57. The summed E-state index contributed by atoms with van der Waals surface area (Å²) in [6.07, 6.45) is 1.47. The number of Topliss-reactive ketones (excluding diaryl/α,β-unsaturated/α-hetero) is 1. The van der Waals surface area contributed by atoms with Gasteiger partial charge in [-0.15, -0.1) is 0 Å². The lowest BCUT2D eigenvalue weighted by Gasteiger charge is -2.34. The third-order valence-electron chi connectivity index (χ3n) is 3.22. The van der Waals surface area contributed by atoms with Crippen LogP contribution in [-0.2, 0) is 23.9 Å². The lowest BCUT2D eigenvalue weighted by atomic mass is 9.74. The molecule has 0 aliphatic heterocycles. The zero-order valence-corrected chi connectivity index (χ0v) is 11.3. The summed E-state index contributed by atoms with van der Waals surface area (Å²) in [5.74, 6) is -3.89. The van der Waals surface area contributed by atoms with Crippen molar-refractivity contribution in [3.8, 4) is 0 Å². The Morgan fingerprint density at radius 2 is 1.74 bits per heavy atom. The van der Waals surface area contributed by atoms with Crippen LogP contribution < -0.4 is 0 Å². The highest BCUT2D eigenvalue weighted by molar-refractivity contribution is 6.04. The molecule has 1 N–H and O–H groups in total. The van der Waals surface area contributed by atoms with Crippen LogP contribution in [0.25, 0.3) is 0 Å². The maximum Gasteiger partial charge on any atom is 0.323 e. The minimum absolute atomic E-state index is 0.0685. The van der Waals surface area contributed by atoms with Crippen LogP contribution in [0.4, 0.5) is 0 Å². The summed E-state index contributed by atoms with van der Waals surface area (Å²) in [6, 6.07) is 0. The van der Waals surface area contributed by atoms with Gasteiger partial charge in [-0.3, -0.25) is 14.4 Å². The van der Waals surface area contributed by atoms with Gasteiger partial charge in [-0.25, -0.2) is 0 Å². The van der Waals surface area contributed by atoms with E-state index in [1.807, 2.05) is 0 Å². The standard InChI is InChI=1S/C13H20O6/c1-3-18-11(15)10(12(16)19-4-2)13(17)8-6-5-7-9(13)14/h10,17H,3-8H2,1-2H3. The monoisotopic (exact) mass is 272 g/mol. The first kappa shape index (κ1) is 15.6. The van der Waals surface area contributed by atoms with E-state index < -0.39 is 29.2 Å². The first-order chi connectivity index (χ1) is 8.97. The molecule has 1 saturated carbocycles. The minimum atomic E-state index is -1.99. The van der Waals surface area contributed by atoms with Gasteiger partial charge in [0, 0.05) is 6.42 Å². The minimum Gasteiger partial charge on any atom is -0.465 e. The molecule has 1 unspecified atom stereocenters. The Hall–Kier alpha value is -1.43. The molecule has 1 fully saturated rings. The van der Waals surface area contributed by atoms with Crippen LogP contribution >= 0.6 is 0 Å². The maximum atomic E-state index is 11.9. The van der Waals surface area contributed by atoms with Crippen molar-refractivity contribution >= 4 is 17.7 Å². The quantitative estimate of drug-likeness (QED) is 0.582. The van der Waals surface area contributed by atoms with Crippen LogP contribution in [0, 0.1) is 5.92 Å². The summed E-state index contributed by atoms with van der Waals surface area (Å²) in [5, 5.41) is 10.4. The Morgan fingerprint density at radius 3 is 2.16 bits per heavy atom. The van der Waals surface area contributed by atoms with Gasteiger partial charge in [-0.2, -0.15) is 0 Å². The number of rotatable bonds is 5. The molecule has 0 radical (unpaired) electrons. The number of hydrogen-bond acceptors (Lipinski definition) is 6. The maximum absolute atomic E-state index is 11.9. The molecule has 1 atom stereocenters. The Balaban J connectivity index is 3.03. The van der Waals surface area contributed by atoms with E-state index in [2.05, 4.69) is 0 Å². The van der Waals surface area contributed by atoms with Crippen molar-refractivity contribution in [3.63, 3.8) is 0 Å². The van der Waals surface area contributed by atoms with Crippen molar-refractivity contribution in [2.24, 2.45) is 5.92 Å². The molecule has 1 aliphatic rings. The summed E-state index contributed by atoms with van der Waals surface area (Å²) in [4.78, 5) is 35.7. The summed E-state index contributed by atoms with van der Waals surface area (Å²) in [6.45, 7) is 3.32. The lowest BCUT2D eigenvalue weighted by Crippen LogP contribution is -2.55. The fourth-order valence-electron chi connectivity index (χ4n) is 2.28. The van der Waals surface area contributed by atoms with E-state index in [1.54, 1.807) is 13.8 Å². The number of carbonyl (C=O) groups excluding carboxylic acids is 3. The Labute approximate surface area is 112 Å². The number of ketones is 1. The molecule has 0 aromatic heterocycles. The first-order valence-electron chi connectivity index (χ1n) is 6.56. The molecule has 0 bridgehead atoms. The van der Waals surface area contributed by atoms with Crippen LogP contribution in [0.1, 0.15) is 39.5 Å². The predicted molar refractivity (Wildman–Crippen MR) is 65.2 cm³/mol. The Kier molecular flexibility index (Phi) is 5.47. The molecule has 0 heterocycles. The number of aliphatic hydroxyl groups is 1. The van der Waals surface area contributed by atoms with E-state index in [4.69, 9.17) is 9.47 Å². The normalized spacial score (nSPS) is 23.3. The van der Waals surface area contributed by atoms with Gasteiger partial charge in [0.1, 0.15) is 5.60 Å². The summed E-state index contributed by atoms with van der Waals surface area (Å²) in [5.41, 5.74) is -1.99. The zero-order valence-electron chi connectivity index (χ0n) is 11.3. The van der Waals surface area contributed by atoms with Gasteiger partial charge in [0.15, 0.2) is 11.7 Å². The van der Waals surface area contributed by atoms with Gasteiger partial charge in [-0.1, -0.05) is 0 Å². The van der Waals surface area contributed by atoms with Gasteiger partial charge in [0.25, 0.3) is 0 Å². The van der Waals surface area contributed by atoms with Crippen molar-refractivity contribution in [1.82, 2.24) is 0 Å². The second-order valence-corrected chi connectivity index (χ2v) is 4.49. The fourth-order valence-corrected chi connectivity index (χ4v) is 2.28. The average molecular weight is 272 g/mol. The molecular weight excluding hydrogens is 252 g/mol. The van der Waals surface area contributed by atoms with Gasteiger partial charge in [-0.05, 0) is 33.1 Å². The highest BCUT2D eigenvalue weighted by Crippen LogP contribution is 2.33. The Bertz CT molecular complexity index is 346. The molecule has 6 nitrogen and oxygen atoms in total. The molecule has 0 aromatic rings. The molecule has 0 aromatic carbocycles. The molecule has 1 rings (SSSR count). The van der Waals surface area contributed by atoms with Crippen LogP contribution in [0.2, 0.25) is 0 Å². The zero-order chi connectivity index (χ0) is 14.5. The molecule has 0 amide bonds. The number of esters is 2. The second-order valence-electron chi connectivity index (χ2n) is 4.49. The topological polar surface area (TPSA) is 89.9 Å². The van der Waals surface area contributed by atoms with Crippen LogP contribution in [0.3, 0.4) is 0 Å². The predicted octanol–water partition coefficient (Wildman–Crippen LogP) is 0.603. The smallest absolute Gasteiger partial charge is 0.323 e. The van der Waals surface area contributed by atoms with Gasteiger partial charge in [0.2, 0.25) is 0 Å². The number of ether oxygens (including phenoxy) is 2.